The van der Waals surface area contributed by atoms with E-state index in [0.29, 0.717) is 19.1 Å². The molecule has 35 heavy (non-hydrogen) atoms. The van der Waals surface area contributed by atoms with Gasteiger partial charge in [-0.2, -0.15) is 0 Å². The van der Waals surface area contributed by atoms with Gasteiger partial charge in [-0.3, -0.25) is 4.90 Å². The first-order valence-electron chi connectivity index (χ1n) is 13.0. The number of H-pyrrole nitrogens is 1. The highest BCUT2D eigenvalue weighted by molar-refractivity contribution is 5.78. The molecule has 2 saturated heterocycles. The second-order valence-electron chi connectivity index (χ2n) is 9.77. The summed E-state index contributed by atoms with van der Waals surface area (Å²) in [5, 5.41) is 0. The number of imidazole rings is 1. The Bertz CT molecular complexity index is 998. The number of hydrogen-bond acceptors (Lipinski definition) is 5. The molecule has 1 N–H and O–H groups in total. The van der Waals surface area contributed by atoms with E-state index in [1.807, 2.05) is 36.4 Å². The highest BCUT2D eigenvalue weighted by Gasteiger charge is 2.43. The zero-order chi connectivity index (χ0) is 24.1. The molecule has 0 radical (unpaired) electrons. The lowest BCUT2D eigenvalue weighted by molar-refractivity contribution is -0.251. The van der Waals surface area contributed by atoms with E-state index in [2.05, 4.69) is 48.0 Å². The van der Waals surface area contributed by atoms with Crippen molar-refractivity contribution in [3.8, 4) is 22.5 Å². The monoisotopic (exact) mass is 475 g/mol. The topological polar surface area (TPSA) is 59.6 Å². The van der Waals surface area contributed by atoms with Crippen molar-refractivity contribution in [3.05, 3.63) is 66.5 Å². The third-order valence-electron chi connectivity index (χ3n) is 7.74. The molecule has 0 aliphatic carbocycles. The van der Waals surface area contributed by atoms with Crippen molar-refractivity contribution in [1.82, 2.24) is 14.9 Å². The lowest BCUT2D eigenvalue weighted by atomic mass is 9.72. The summed E-state index contributed by atoms with van der Waals surface area (Å²) in [6, 6.07) is 20.6. The van der Waals surface area contributed by atoms with Crippen molar-refractivity contribution < 1.29 is 14.2 Å². The summed E-state index contributed by atoms with van der Waals surface area (Å²) in [7, 11) is 0. The Morgan fingerprint density at radius 1 is 0.943 bits per heavy atom. The van der Waals surface area contributed by atoms with Gasteiger partial charge in [-0.25, -0.2) is 4.98 Å². The highest BCUT2D eigenvalue weighted by Crippen LogP contribution is 2.42. The fourth-order valence-corrected chi connectivity index (χ4v) is 5.43. The quantitative estimate of drug-likeness (QED) is 0.463. The summed E-state index contributed by atoms with van der Waals surface area (Å²) >= 11 is 0. The molecule has 1 atom stereocenters. The molecule has 3 heterocycles. The zero-order valence-corrected chi connectivity index (χ0v) is 20.9. The Labute approximate surface area is 208 Å². The van der Waals surface area contributed by atoms with Crippen molar-refractivity contribution in [2.24, 2.45) is 11.3 Å². The van der Waals surface area contributed by atoms with Gasteiger partial charge in [-0.05, 0) is 12.3 Å². The number of hydrogen-bond donors (Lipinski definition) is 1. The number of nitrogens with one attached hydrogen (secondary N) is 1. The van der Waals surface area contributed by atoms with Crippen molar-refractivity contribution in [2.75, 3.05) is 46.1 Å². The number of benzene rings is 2. The Hall–Kier alpha value is -2.51. The second-order valence-corrected chi connectivity index (χ2v) is 9.77. The minimum atomic E-state index is -0.490. The smallest absolute Gasteiger partial charge is 0.217 e. The predicted molar refractivity (Wildman–Crippen MR) is 138 cm³/mol. The molecule has 186 valence electrons. The van der Waals surface area contributed by atoms with Gasteiger partial charge in [-0.15, -0.1) is 0 Å². The summed E-state index contributed by atoms with van der Waals surface area (Å²) < 4.78 is 18.4. The minimum absolute atomic E-state index is 0.0146. The van der Waals surface area contributed by atoms with E-state index in [-0.39, 0.29) is 5.41 Å². The molecule has 1 unspecified atom stereocenters. The summed E-state index contributed by atoms with van der Waals surface area (Å²) in [6.07, 6.45) is 1.65. The maximum atomic E-state index is 6.42. The van der Waals surface area contributed by atoms with E-state index in [1.54, 1.807) is 0 Å². The van der Waals surface area contributed by atoms with E-state index in [4.69, 9.17) is 19.2 Å². The van der Waals surface area contributed by atoms with Gasteiger partial charge >= 0.3 is 0 Å². The number of rotatable bonds is 8. The summed E-state index contributed by atoms with van der Waals surface area (Å²) in [4.78, 5) is 11.1. The molecule has 0 saturated carbocycles. The van der Waals surface area contributed by atoms with Crippen LogP contribution in [-0.4, -0.2) is 60.9 Å². The van der Waals surface area contributed by atoms with E-state index in [9.17, 15) is 0 Å². The van der Waals surface area contributed by atoms with Crippen LogP contribution in [0.25, 0.3) is 22.5 Å². The van der Waals surface area contributed by atoms with Crippen LogP contribution in [0, 0.1) is 11.3 Å². The largest absolute Gasteiger partial charge is 0.379 e. The van der Waals surface area contributed by atoms with Crippen molar-refractivity contribution in [1.29, 1.82) is 0 Å². The van der Waals surface area contributed by atoms with E-state index in [1.165, 1.54) is 0 Å². The Morgan fingerprint density at radius 3 is 2.17 bits per heavy atom. The highest BCUT2D eigenvalue weighted by atomic mass is 16.7. The summed E-state index contributed by atoms with van der Waals surface area (Å²) in [5.74, 6) is 1.25. The molecule has 6 heteroatoms. The molecule has 2 aliphatic heterocycles. The summed E-state index contributed by atoms with van der Waals surface area (Å²) in [6.45, 7) is 10.7. The van der Waals surface area contributed by atoms with Crippen LogP contribution in [0.5, 0.6) is 0 Å². The van der Waals surface area contributed by atoms with E-state index >= 15 is 0 Å². The molecular weight excluding hydrogens is 438 g/mol. The number of aromatic amines is 1. The van der Waals surface area contributed by atoms with Gasteiger partial charge in [0.05, 0.1) is 37.8 Å². The van der Waals surface area contributed by atoms with Crippen LogP contribution in [0.1, 0.15) is 38.8 Å². The molecule has 2 fully saturated rings. The Balaban J connectivity index is 1.36. The van der Waals surface area contributed by atoms with Gasteiger partial charge in [-0.1, -0.05) is 80.9 Å². The second kappa shape index (κ2) is 11.0. The molecule has 0 spiro atoms. The van der Waals surface area contributed by atoms with Gasteiger partial charge in [0.1, 0.15) is 0 Å². The SMILES string of the molecule is CCC(CN1CCOCC1)C1(CC)COC(c2nc(-c3ccccc3)c(-c3ccccc3)[nH]2)OC1. The fraction of sp³-hybridized carbons (Fsp3) is 0.483. The molecule has 5 rings (SSSR count). The zero-order valence-electron chi connectivity index (χ0n) is 20.9. The maximum Gasteiger partial charge on any atom is 0.217 e. The molecule has 1 aromatic heterocycles. The first-order valence-corrected chi connectivity index (χ1v) is 13.0. The minimum Gasteiger partial charge on any atom is -0.379 e. The van der Waals surface area contributed by atoms with Gasteiger partial charge in [0.2, 0.25) is 6.29 Å². The maximum absolute atomic E-state index is 6.42. The number of nitrogens with zero attached hydrogens (tertiary/aromatic N) is 2. The Kier molecular flexibility index (Phi) is 7.63. The van der Waals surface area contributed by atoms with Crippen molar-refractivity contribution >= 4 is 0 Å². The number of aromatic nitrogens is 2. The molecular formula is C29H37N3O3. The van der Waals surface area contributed by atoms with Crippen molar-refractivity contribution in [2.45, 2.75) is 33.0 Å². The fourth-order valence-electron chi connectivity index (χ4n) is 5.43. The third kappa shape index (κ3) is 5.21. The number of morpholine rings is 1. The lowest BCUT2D eigenvalue weighted by Gasteiger charge is -2.46. The van der Waals surface area contributed by atoms with Crippen LogP contribution in [0.2, 0.25) is 0 Å². The van der Waals surface area contributed by atoms with Crippen molar-refractivity contribution in [3.63, 3.8) is 0 Å². The standard InChI is InChI=1S/C29H37N3O3/c1-3-24(19-32-15-17-33-18-16-32)29(4-2)20-34-28(35-21-29)27-30-25(22-11-7-5-8-12-22)26(31-27)23-13-9-6-10-14-23/h5-14,24,28H,3-4,15-21H2,1-2H3,(H,30,31). The molecule has 0 bridgehead atoms. The number of ether oxygens (including phenoxy) is 3. The summed E-state index contributed by atoms with van der Waals surface area (Å²) in [5.41, 5.74) is 4.10. The van der Waals surface area contributed by atoms with Crippen LogP contribution >= 0.6 is 0 Å². The average Bonchev–Trinajstić information content (AvgIpc) is 3.39. The predicted octanol–water partition coefficient (Wildman–Crippen LogP) is 5.54. The first kappa shape index (κ1) is 24.2. The normalized spacial score (nSPS) is 24.3. The third-order valence-corrected chi connectivity index (χ3v) is 7.74. The van der Waals surface area contributed by atoms with Gasteiger partial charge < -0.3 is 19.2 Å². The molecule has 2 aromatic carbocycles. The van der Waals surface area contributed by atoms with Crippen LogP contribution in [-0.2, 0) is 14.2 Å². The molecule has 6 nitrogen and oxygen atoms in total. The molecule has 3 aromatic rings. The lowest BCUT2D eigenvalue weighted by Crippen LogP contribution is -2.49. The van der Waals surface area contributed by atoms with Crippen LogP contribution in [0.3, 0.4) is 0 Å². The van der Waals surface area contributed by atoms with E-state index in [0.717, 1.165) is 74.0 Å². The molecule has 2 aliphatic rings. The van der Waals surface area contributed by atoms with Crippen LogP contribution in [0.15, 0.2) is 60.7 Å². The first-order chi connectivity index (χ1) is 17.2. The van der Waals surface area contributed by atoms with Crippen LogP contribution in [0.4, 0.5) is 0 Å². The Morgan fingerprint density at radius 2 is 1.57 bits per heavy atom. The average molecular weight is 476 g/mol. The van der Waals surface area contributed by atoms with Gasteiger partial charge in [0, 0.05) is 36.2 Å². The van der Waals surface area contributed by atoms with Gasteiger partial charge in [0.25, 0.3) is 0 Å². The molecule has 0 amide bonds. The van der Waals surface area contributed by atoms with Gasteiger partial charge in [0.15, 0.2) is 5.82 Å². The van der Waals surface area contributed by atoms with Crippen LogP contribution < -0.4 is 0 Å². The van der Waals surface area contributed by atoms with E-state index < -0.39 is 6.29 Å².